The quantitative estimate of drug-likeness (QED) is 0.598. The van der Waals surface area contributed by atoms with E-state index >= 15 is 0 Å². The van der Waals surface area contributed by atoms with Crippen LogP contribution >= 0.6 is 0 Å². The molecule has 0 fully saturated rings. The number of hydrogen-bond acceptors (Lipinski definition) is 2. The summed E-state index contributed by atoms with van der Waals surface area (Å²) in [5, 5.41) is 3.07. The van der Waals surface area contributed by atoms with Crippen molar-refractivity contribution in [3.05, 3.63) is 30.0 Å². The molecule has 0 bridgehead atoms. The second kappa shape index (κ2) is 2.20. The second-order valence-corrected chi connectivity index (χ2v) is 2.12. The highest BCUT2D eigenvalue weighted by Gasteiger charge is 2.12. The van der Waals surface area contributed by atoms with Crippen LogP contribution in [-0.4, -0.2) is 14.6 Å². The van der Waals surface area contributed by atoms with E-state index in [0.29, 0.717) is 4.52 Å². The predicted octanol–water partition coefficient (Wildman–Crippen LogP) is 1.15. The Bertz CT molecular complexity index is 437. The van der Waals surface area contributed by atoms with Gasteiger partial charge >= 0.3 is 0 Å². The van der Waals surface area contributed by atoms with E-state index in [2.05, 4.69) is 10.1 Å². The van der Waals surface area contributed by atoms with Crippen molar-refractivity contribution >= 4 is 5.65 Å². The number of fused-ring (bicyclic) bond motifs is 1. The molecular weight excluding hydrogens is 171 g/mol. The summed E-state index contributed by atoms with van der Waals surface area (Å²) in [6, 6.07) is 2.11. The van der Waals surface area contributed by atoms with Gasteiger partial charge in [0.2, 0.25) is 5.95 Å². The van der Waals surface area contributed by atoms with E-state index < -0.39 is 17.8 Å². The summed E-state index contributed by atoms with van der Waals surface area (Å²) in [5.41, 5.74) is -0.0635. The molecule has 0 amide bonds. The van der Waals surface area contributed by atoms with E-state index in [4.69, 9.17) is 0 Å². The zero-order valence-corrected chi connectivity index (χ0v) is 5.63. The fraction of sp³-hybridized carbons (Fsp3) is 0. The third-order valence-corrected chi connectivity index (χ3v) is 1.35. The van der Waals surface area contributed by atoms with Crippen molar-refractivity contribution in [3.8, 4) is 0 Å². The van der Waals surface area contributed by atoms with E-state index in [1.165, 1.54) is 0 Å². The molecule has 2 heterocycles. The lowest BCUT2D eigenvalue weighted by molar-refractivity contribution is 0.443. The second-order valence-electron chi connectivity index (χ2n) is 2.12. The zero-order valence-electron chi connectivity index (χ0n) is 5.63. The molecule has 0 aliphatic carbocycles. The third-order valence-electron chi connectivity index (χ3n) is 1.35. The number of halogens is 3. The summed E-state index contributed by atoms with van der Waals surface area (Å²) in [7, 11) is 0. The normalized spacial score (nSPS) is 10.9. The van der Waals surface area contributed by atoms with Crippen LogP contribution in [-0.2, 0) is 0 Å². The van der Waals surface area contributed by atoms with Gasteiger partial charge in [-0.15, -0.1) is 5.10 Å². The Morgan fingerprint density at radius 1 is 1.17 bits per heavy atom. The van der Waals surface area contributed by atoms with Crippen LogP contribution in [0, 0.1) is 17.8 Å². The highest BCUT2D eigenvalue weighted by molar-refractivity contribution is 5.35. The van der Waals surface area contributed by atoms with Gasteiger partial charge in [-0.3, -0.25) is 0 Å². The lowest BCUT2D eigenvalue weighted by Gasteiger charge is -1.90. The minimum absolute atomic E-state index is 0.0635. The topological polar surface area (TPSA) is 30.2 Å². The van der Waals surface area contributed by atoms with Crippen LogP contribution in [0.25, 0.3) is 5.65 Å². The van der Waals surface area contributed by atoms with Crippen LogP contribution in [0.4, 0.5) is 13.2 Å². The Labute approximate surface area is 64.5 Å². The molecule has 0 aromatic carbocycles. The Kier molecular flexibility index (Phi) is 1.30. The molecule has 0 saturated carbocycles. The molecule has 0 aliphatic rings. The number of hydrogen-bond donors (Lipinski definition) is 0. The number of aromatic nitrogens is 3. The molecule has 0 N–H and O–H groups in total. The maximum atomic E-state index is 12.6. The van der Waals surface area contributed by atoms with Crippen LogP contribution in [0.1, 0.15) is 0 Å². The molecule has 62 valence electrons. The summed E-state index contributed by atoms with van der Waals surface area (Å²) in [6.07, 6.45) is 0. The number of rotatable bonds is 0. The van der Waals surface area contributed by atoms with E-state index in [1.807, 2.05) is 0 Å². The van der Waals surface area contributed by atoms with Crippen LogP contribution in [0.15, 0.2) is 12.1 Å². The van der Waals surface area contributed by atoms with Gasteiger partial charge in [-0.1, -0.05) is 0 Å². The molecule has 2 aromatic heterocycles. The predicted molar refractivity (Wildman–Crippen MR) is 32.9 cm³/mol. The first-order valence-corrected chi connectivity index (χ1v) is 3.05. The molecule has 0 unspecified atom stereocenters. The Hall–Kier alpha value is -1.59. The molecule has 12 heavy (non-hydrogen) atoms. The summed E-state index contributed by atoms with van der Waals surface area (Å²) in [6.45, 7) is 0. The van der Waals surface area contributed by atoms with Gasteiger partial charge in [0, 0.05) is 0 Å². The Balaban J connectivity index is 2.88. The van der Waals surface area contributed by atoms with Gasteiger partial charge in [0.1, 0.15) is 0 Å². The fourth-order valence-electron chi connectivity index (χ4n) is 0.857. The average molecular weight is 173 g/mol. The van der Waals surface area contributed by atoms with Crippen molar-refractivity contribution in [2.24, 2.45) is 0 Å². The van der Waals surface area contributed by atoms with Crippen molar-refractivity contribution in [2.75, 3.05) is 0 Å². The van der Waals surface area contributed by atoms with Crippen molar-refractivity contribution < 1.29 is 13.2 Å². The molecule has 0 atom stereocenters. The summed E-state index contributed by atoms with van der Waals surface area (Å²) in [4.78, 5) is 3.15. The fourth-order valence-corrected chi connectivity index (χ4v) is 0.857. The Morgan fingerprint density at radius 3 is 2.67 bits per heavy atom. The van der Waals surface area contributed by atoms with Gasteiger partial charge in [-0.05, 0) is 12.1 Å². The van der Waals surface area contributed by atoms with Gasteiger partial charge in [-0.2, -0.15) is 22.7 Å². The molecule has 0 saturated heterocycles. The number of nitrogens with zero attached hydrogens (tertiary/aromatic N) is 3. The first kappa shape index (κ1) is 7.08. The minimum Gasteiger partial charge on any atom is -0.196 e. The molecule has 6 heteroatoms. The van der Waals surface area contributed by atoms with Crippen LogP contribution in [0.2, 0.25) is 0 Å². The molecule has 0 radical (unpaired) electrons. The summed E-state index contributed by atoms with van der Waals surface area (Å²) in [5.74, 6) is -3.46. The molecule has 0 spiro atoms. The molecule has 0 aliphatic heterocycles. The SMILES string of the molecule is Fc1ccc2nc(F)c(F)n2n1. The van der Waals surface area contributed by atoms with E-state index in [-0.39, 0.29) is 5.65 Å². The minimum atomic E-state index is -1.29. The number of imidazole rings is 1. The van der Waals surface area contributed by atoms with Gasteiger partial charge in [-0.25, -0.2) is 0 Å². The van der Waals surface area contributed by atoms with Crippen LogP contribution in [0.3, 0.4) is 0 Å². The van der Waals surface area contributed by atoms with Gasteiger partial charge in [0.15, 0.2) is 5.65 Å². The third kappa shape index (κ3) is 0.843. The van der Waals surface area contributed by atoms with Crippen molar-refractivity contribution in [1.29, 1.82) is 0 Å². The molecule has 2 rings (SSSR count). The van der Waals surface area contributed by atoms with E-state index in [9.17, 15) is 13.2 Å². The highest BCUT2D eigenvalue weighted by Crippen LogP contribution is 2.07. The monoisotopic (exact) mass is 173 g/mol. The van der Waals surface area contributed by atoms with Gasteiger partial charge in [0.25, 0.3) is 11.9 Å². The first-order valence-electron chi connectivity index (χ1n) is 3.05. The molecular formula is C6H2F3N3. The molecule has 3 nitrogen and oxygen atoms in total. The average Bonchev–Trinajstić information content (AvgIpc) is 2.31. The smallest absolute Gasteiger partial charge is 0.196 e. The standard InChI is InChI=1S/C6H2F3N3/c7-3-1-2-4-10-5(8)6(9)12(4)11-3/h1-2H. The largest absolute Gasteiger partial charge is 0.271 e. The van der Waals surface area contributed by atoms with Crippen molar-refractivity contribution in [3.63, 3.8) is 0 Å². The van der Waals surface area contributed by atoms with Crippen molar-refractivity contribution in [2.45, 2.75) is 0 Å². The van der Waals surface area contributed by atoms with Gasteiger partial charge in [0.05, 0.1) is 0 Å². The summed E-state index contributed by atoms with van der Waals surface area (Å²) < 4.78 is 37.9. The van der Waals surface area contributed by atoms with Crippen molar-refractivity contribution in [1.82, 2.24) is 14.6 Å². The lowest BCUT2D eigenvalue weighted by Crippen LogP contribution is -1.97. The van der Waals surface area contributed by atoms with Crippen LogP contribution < -0.4 is 0 Å². The Morgan fingerprint density at radius 2 is 1.92 bits per heavy atom. The first-order chi connectivity index (χ1) is 5.68. The van der Waals surface area contributed by atoms with Crippen LogP contribution in [0.5, 0.6) is 0 Å². The summed E-state index contributed by atoms with van der Waals surface area (Å²) >= 11 is 0. The lowest BCUT2D eigenvalue weighted by atomic mass is 10.5. The van der Waals surface area contributed by atoms with E-state index in [0.717, 1.165) is 12.1 Å². The maximum absolute atomic E-state index is 12.6. The zero-order chi connectivity index (χ0) is 8.72. The van der Waals surface area contributed by atoms with E-state index in [1.54, 1.807) is 0 Å². The highest BCUT2D eigenvalue weighted by atomic mass is 19.2. The maximum Gasteiger partial charge on any atom is 0.271 e. The van der Waals surface area contributed by atoms with Gasteiger partial charge < -0.3 is 0 Å². The molecule has 2 aromatic rings.